The SMILES string of the molecule is O=C(NC(Cc1ccc(O)cc1)C(=O)N1CCN(C(=O)c2ccccc2)CC1)C(NC(=O)C1CCCN1C(=O)C1CCCN1)C1CCCCC1. The lowest BCUT2D eigenvalue weighted by atomic mass is 9.83. The van der Waals surface area contributed by atoms with Crippen molar-refractivity contribution < 1.29 is 29.1 Å². The third kappa shape index (κ3) is 8.46. The number of hydrogen-bond donors (Lipinski definition) is 4. The second-order valence-electron chi connectivity index (χ2n) is 14.1. The number of carbonyl (C=O) groups excluding carboxylic acids is 5. The average Bonchev–Trinajstić information content (AvgIpc) is 3.88. The molecule has 4 atom stereocenters. The molecule has 2 aromatic rings. The average molecular weight is 687 g/mol. The lowest BCUT2D eigenvalue weighted by Crippen LogP contribution is -2.61. The van der Waals surface area contributed by atoms with Crippen LogP contribution in [-0.2, 0) is 25.6 Å². The predicted molar refractivity (Wildman–Crippen MR) is 187 cm³/mol. The van der Waals surface area contributed by atoms with E-state index < -0.39 is 24.0 Å². The topological polar surface area (TPSA) is 151 Å². The molecular formula is C38H50N6O6. The molecule has 4 fully saturated rings. The summed E-state index contributed by atoms with van der Waals surface area (Å²) in [6.07, 6.45) is 7.69. The van der Waals surface area contributed by atoms with Crippen molar-refractivity contribution in [1.29, 1.82) is 0 Å². The summed E-state index contributed by atoms with van der Waals surface area (Å²) in [7, 11) is 0. The summed E-state index contributed by atoms with van der Waals surface area (Å²) < 4.78 is 0. The Bertz CT molecular complexity index is 1500. The van der Waals surface area contributed by atoms with E-state index in [0.29, 0.717) is 44.7 Å². The van der Waals surface area contributed by atoms with Crippen molar-refractivity contribution in [1.82, 2.24) is 30.7 Å². The molecule has 4 unspecified atom stereocenters. The molecule has 4 N–H and O–H groups in total. The number of nitrogens with one attached hydrogen (secondary N) is 3. The van der Waals surface area contributed by atoms with Gasteiger partial charge in [-0.25, -0.2) is 0 Å². The van der Waals surface area contributed by atoms with Gasteiger partial charge in [0.05, 0.1) is 6.04 Å². The van der Waals surface area contributed by atoms with Crippen LogP contribution in [0.15, 0.2) is 54.6 Å². The van der Waals surface area contributed by atoms with Gasteiger partial charge in [0.25, 0.3) is 5.91 Å². The van der Waals surface area contributed by atoms with E-state index >= 15 is 0 Å². The number of carbonyl (C=O) groups is 5. The van der Waals surface area contributed by atoms with Gasteiger partial charge in [0.2, 0.25) is 23.6 Å². The van der Waals surface area contributed by atoms with Crippen LogP contribution in [0.2, 0.25) is 0 Å². The fourth-order valence-electron chi connectivity index (χ4n) is 7.96. The first-order chi connectivity index (χ1) is 24.3. The molecule has 268 valence electrons. The van der Waals surface area contributed by atoms with Gasteiger partial charge in [0, 0.05) is 44.7 Å². The third-order valence-corrected chi connectivity index (χ3v) is 10.8. The summed E-state index contributed by atoms with van der Waals surface area (Å²) in [5.41, 5.74) is 1.36. The van der Waals surface area contributed by atoms with E-state index in [1.807, 2.05) is 18.2 Å². The van der Waals surface area contributed by atoms with E-state index in [0.717, 1.165) is 63.5 Å². The van der Waals surface area contributed by atoms with E-state index in [1.54, 1.807) is 51.1 Å². The first kappa shape index (κ1) is 35.4. The van der Waals surface area contributed by atoms with E-state index in [4.69, 9.17) is 0 Å². The van der Waals surface area contributed by atoms with E-state index in [-0.39, 0.29) is 47.8 Å². The number of nitrogens with zero attached hydrogens (tertiary/aromatic N) is 3. The molecule has 3 aliphatic heterocycles. The highest BCUT2D eigenvalue weighted by atomic mass is 16.3. The van der Waals surface area contributed by atoms with Crippen molar-refractivity contribution in [2.24, 2.45) is 5.92 Å². The maximum atomic E-state index is 14.3. The molecule has 50 heavy (non-hydrogen) atoms. The summed E-state index contributed by atoms with van der Waals surface area (Å²) >= 11 is 0. The van der Waals surface area contributed by atoms with Crippen LogP contribution in [0.25, 0.3) is 0 Å². The summed E-state index contributed by atoms with van der Waals surface area (Å²) in [6, 6.07) is 12.9. The molecule has 1 aliphatic carbocycles. The van der Waals surface area contributed by atoms with Crippen molar-refractivity contribution in [3.05, 3.63) is 65.7 Å². The summed E-state index contributed by atoms with van der Waals surface area (Å²) in [4.78, 5) is 73.7. The zero-order valence-electron chi connectivity index (χ0n) is 28.7. The highest BCUT2D eigenvalue weighted by molar-refractivity contribution is 5.96. The predicted octanol–water partition coefficient (Wildman–Crippen LogP) is 2.21. The van der Waals surface area contributed by atoms with Gasteiger partial charge in [-0.2, -0.15) is 0 Å². The summed E-state index contributed by atoms with van der Waals surface area (Å²) in [6.45, 7) is 2.69. The summed E-state index contributed by atoms with van der Waals surface area (Å²) in [5, 5.41) is 19.2. The molecule has 5 amide bonds. The molecule has 0 radical (unpaired) electrons. The Labute approximate surface area is 293 Å². The van der Waals surface area contributed by atoms with E-state index in [9.17, 15) is 29.1 Å². The monoisotopic (exact) mass is 686 g/mol. The lowest BCUT2D eigenvalue weighted by molar-refractivity contribution is -0.142. The third-order valence-electron chi connectivity index (χ3n) is 10.8. The minimum atomic E-state index is -0.926. The molecule has 3 saturated heterocycles. The van der Waals surface area contributed by atoms with Crippen LogP contribution in [0.4, 0.5) is 0 Å². The van der Waals surface area contributed by atoms with Crippen LogP contribution in [0.5, 0.6) is 5.75 Å². The number of aromatic hydroxyl groups is 1. The fraction of sp³-hybridized carbons (Fsp3) is 0.553. The quantitative estimate of drug-likeness (QED) is 0.299. The van der Waals surface area contributed by atoms with Crippen molar-refractivity contribution in [3.63, 3.8) is 0 Å². The molecule has 3 heterocycles. The standard InChI is InChI=1S/C38H50N6O6/c45-29-17-15-26(16-18-29)25-31(37(49)43-23-21-42(22-24-43)36(48)28-11-5-2-6-12-28)40-35(47)33(27-9-3-1-4-10-27)41-34(46)32-14-8-20-44(32)38(50)30-13-7-19-39-30/h2,5-6,11-12,15-18,27,30-33,39,45H,1,3-4,7-10,13-14,19-25H2,(H,40,47)(H,41,46). The van der Waals surface area contributed by atoms with Gasteiger partial charge in [-0.1, -0.05) is 49.6 Å². The molecule has 0 aromatic heterocycles. The maximum absolute atomic E-state index is 14.3. The Hall–Kier alpha value is -4.45. The molecule has 6 rings (SSSR count). The van der Waals surface area contributed by atoms with Gasteiger partial charge in [0.15, 0.2) is 0 Å². The van der Waals surface area contributed by atoms with Crippen LogP contribution >= 0.6 is 0 Å². The van der Waals surface area contributed by atoms with Crippen LogP contribution in [-0.4, -0.2) is 113 Å². The van der Waals surface area contributed by atoms with Crippen molar-refractivity contribution >= 4 is 29.5 Å². The highest BCUT2D eigenvalue weighted by Crippen LogP contribution is 2.28. The fourth-order valence-corrected chi connectivity index (χ4v) is 7.96. The molecule has 12 heteroatoms. The van der Waals surface area contributed by atoms with Gasteiger partial charge < -0.3 is 35.8 Å². The Balaban J connectivity index is 1.16. The minimum Gasteiger partial charge on any atom is -0.508 e. The van der Waals surface area contributed by atoms with Crippen LogP contribution in [0.1, 0.15) is 73.7 Å². The van der Waals surface area contributed by atoms with Gasteiger partial charge in [-0.05, 0) is 80.8 Å². The number of rotatable bonds is 10. The van der Waals surface area contributed by atoms with Gasteiger partial charge >= 0.3 is 0 Å². The lowest BCUT2D eigenvalue weighted by Gasteiger charge is -2.37. The number of phenols is 1. The van der Waals surface area contributed by atoms with Crippen molar-refractivity contribution in [2.45, 2.75) is 88.4 Å². The molecule has 12 nitrogen and oxygen atoms in total. The largest absolute Gasteiger partial charge is 0.508 e. The Kier molecular flexibility index (Phi) is 11.7. The van der Waals surface area contributed by atoms with Gasteiger partial charge in [0.1, 0.15) is 23.9 Å². The minimum absolute atomic E-state index is 0.0519. The van der Waals surface area contributed by atoms with E-state index in [2.05, 4.69) is 16.0 Å². The molecule has 4 aliphatic rings. The van der Waals surface area contributed by atoms with Gasteiger partial charge in [-0.3, -0.25) is 24.0 Å². The number of likely N-dealkylation sites (tertiary alicyclic amines) is 1. The van der Waals surface area contributed by atoms with Crippen molar-refractivity contribution in [2.75, 3.05) is 39.3 Å². The Morgan fingerprint density at radius 2 is 1.46 bits per heavy atom. The first-order valence-corrected chi connectivity index (χ1v) is 18.3. The van der Waals surface area contributed by atoms with E-state index in [1.165, 1.54) is 0 Å². The van der Waals surface area contributed by atoms with Crippen LogP contribution in [0, 0.1) is 5.92 Å². The number of hydrogen-bond acceptors (Lipinski definition) is 7. The van der Waals surface area contributed by atoms with Crippen molar-refractivity contribution in [3.8, 4) is 5.75 Å². The van der Waals surface area contributed by atoms with Crippen LogP contribution < -0.4 is 16.0 Å². The number of piperazine rings is 1. The zero-order valence-corrected chi connectivity index (χ0v) is 28.7. The molecule has 0 bridgehead atoms. The molecule has 2 aromatic carbocycles. The van der Waals surface area contributed by atoms with Crippen LogP contribution in [0.3, 0.4) is 0 Å². The number of phenolic OH excluding ortho intramolecular Hbond substituents is 1. The number of benzene rings is 2. The molecule has 0 spiro atoms. The first-order valence-electron chi connectivity index (χ1n) is 18.3. The second kappa shape index (κ2) is 16.5. The Morgan fingerprint density at radius 1 is 0.760 bits per heavy atom. The Morgan fingerprint density at radius 3 is 2.14 bits per heavy atom. The smallest absolute Gasteiger partial charge is 0.253 e. The maximum Gasteiger partial charge on any atom is 0.253 e. The molecule has 1 saturated carbocycles. The summed E-state index contributed by atoms with van der Waals surface area (Å²) in [5.74, 6) is -1.11. The highest BCUT2D eigenvalue weighted by Gasteiger charge is 2.41. The van der Waals surface area contributed by atoms with Gasteiger partial charge in [-0.15, -0.1) is 0 Å². The normalized spacial score (nSPS) is 22.5. The number of amides is 5. The molecular weight excluding hydrogens is 636 g/mol. The zero-order chi connectivity index (χ0) is 35.0. The second-order valence-corrected chi connectivity index (χ2v) is 14.1.